The summed E-state index contributed by atoms with van der Waals surface area (Å²) in [6.45, 7) is 2.89. The van der Waals surface area contributed by atoms with Crippen LogP contribution in [-0.4, -0.2) is 31.1 Å². The fourth-order valence-electron chi connectivity index (χ4n) is 2.88. The van der Waals surface area contributed by atoms with Crippen molar-refractivity contribution in [1.82, 2.24) is 4.90 Å². The highest BCUT2D eigenvalue weighted by Crippen LogP contribution is 2.28. The van der Waals surface area contributed by atoms with E-state index in [0.29, 0.717) is 6.04 Å². The number of likely N-dealkylation sites (tertiary alicyclic amines) is 1. The molecule has 0 aliphatic carbocycles. The third-order valence-electron chi connectivity index (χ3n) is 3.86. The Balaban J connectivity index is 2.11. The van der Waals surface area contributed by atoms with Crippen LogP contribution in [-0.2, 0) is 6.54 Å². The van der Waals surface area contributed by atoms with E-state index in [9.17, 15) is 0 Å². The van der Waals surface area contributed by atoms with E-state index in [2.05, 4.69) is 26.9 Å². The highest BCUT2D eigenvalue weighted by molar-refractivity contribution is 9.10. The third-order valence-corrected chi connectivity index (χ3v) is 4.36. The van der Waals surface area contributed by atoms with Gasteiger partial charge in [-0.3, -0.25) is 4.90 Å². The van der Waals surface area contributed by atoms with Crippen molar-refractivity contribution in [3.63, 3.8) is 0 Å². The molecule has 0 saturated carbocycles. The quantitative estimate of drug-likeness (QED) is 0.903. The first-order valence-corrected chi connectivity index (χ1v) is 7.80. The van der Waals surface area contributed by atoms with Crippen molar-refractivity contribution in [2.45, 2.75) is 38.3 Å². The first-order chi connectivity index (χ1) is 9.24. The molecular weight excluding hydrogens is 304 g/mol. The van der Waals surface area contributed by atoms with Crippen LogP contribution in [0.3, 0.4) is 0 Å². The van der Waals surface area contributed by atoms with Gasteiger partial charge in [0, 0.05) is 22.6 Å². The molecule has 1 atom stereocenters. The Hall–Kier alpha value is -0.580. The number of hydrogen-bond donors (Lipinski definition) is 1. The molecule has 1 unspecified atom stereocenters. The summed E-state index contributed by atoms with van der Waals surface area (Å²) >= 11 is 3.54. The highest BCUT2D eigenvalue weighted by atomic mass is 79.9. The summed E-state index contributed by atoms with van der Waals surface area (Å²) in [5.74, 6) is 0.972. The van der Waals surface area contributed by atoms with E-state index < -0.39 is 0 Å². The molecule has 0 radical (unpaired) electrons. The summed E-state index contributed by atoms with van der Waals surface area (Å²) in [6.07, 6.45) is 4.98. The fourth-order valence-corrected chi connectivity index (χ4v) is 3.29. The zero-order chi connectivity index (χ0) is 13.7. The molecule has 1 aromatic carbocycles. The number of nitrogens with zero attached hydrogens (tertiary/aromatic N) is 1. The van der Waals surface area contributed by atoms with E-state index >= 15 is 0 Å². The van der Waals surface area contributed by atoms with Gasteiger partial charge in [0.25, 0.3) is 0 Å². The number of rotatable bonds is 5. The van der Waals surface area contributed by atoms with Crippen molar-refractivity contribution in [2.75, 3.05) is 20.2 Å². The van der Waals surface area contributed by atoms with Crippen molar-refractivity contribution in [3.8, 4) is 5.75 Å². The molecule has 1 aromatic rings. The molecule has 0 spiro atoms. The zero-order valence-corrected chi connectivity index (χ0v) is 13.2. The van der Waals surface area contributed by atoms with Crippen molar-refractivity contribution in [3.05, 3.63) is 28.2 Å². The lowest BCUT2D eigenvalue weighted by molar-refractivity contribution is 0.133. The van der Waals surface area contributed by atoms with Gasteiger partial charge in [0.1, 0.15) is 5.75 Å². The van der Waals surface area contributed by atoms with Gasteiger partial charge in [-0.25, -0.2) is 0 Å². The normalized spacial score (nSPS) is 20.5. The lowest BCUT2D eigenvalue weighted by atomic mass is 9.98. The van der Waals surface area contributed by atoms with Crippen LogP contribution in [0.5, 0.6) is 5.75 Å². The van der Waals surface area contributed by atoms with Crippen molar-refractivity contribution in [1.29, 1.82) is 0 Å². The number of methoxy groups -OCH3 is 1. The summed E-state index contributed by atoms with van der Waals surface area (Å²) in [5.41, 5.74) is 6.99. The smallest absolute Gasteiger partial charge is 0.123 e. The molecule has 1 heterocycles. The van der Waals surface area contributed by atoms with E-state index in [1.165, 1.54) is 31.4 Å². The number of piperidine rings is 1. The predicted molar refractivity (Wildman–Crippen MR) is 82.4 cm³/mol. The minimum Gasteiger partial charge on any atom is -0.496 e. The molecule has 4 heteroatoms. The molecule has 0 bridgehead atoms. The topological polar surface area (TPSA) is 38.5 Å². The molecule has 2 N–H and O–H groups in total. The summed E-state index contributed by atoms with van der Waals surface area (Å²) < 4.78 is 6.57. The fraction of sp³-hybridized carbons (Fsp3) is 0.600. The first-order valence-electron chi connectivity index (χ1n) is 7.01. The Labute approximate surface area is 124 Å². The van der Waals surface area contributed by atoms with Crippen molar-refractivity contribution in [2.24, 2.45) is 5.73 Å². The van der Waals surface area contributed by atoms with E-state index in [-0.39, 0.29) is 0 Å². The molecule has 1 fully saturated rings. The molecule has 2 rings (SSSR count). The van der Waals surface area contributed by atoms with Gasteiger partial charge in [0.05, 0.1) is 7.11 Å². The Morgan fingerprint density at radius 2 is 2.26 bits per heavy atom. The summed E-state index contributed by atoms with van der Waals surface area (Å²) in [5, 5.41) is 0. The Morgan fingerprint density at radius 3 is 3.00 bits per heavy atom. The third kappa shape index (κ3) is 3.94. The van der Waals surface area contributed by atoms with Gasteiger partial charge in [-0.1, -0.05) is 22.4 Å². The molecule has 0 amide bonds. The first kappa shape index (κ1) is 14.8. The van der Waals surface area contributed by atoms with Gasteiger partial charge >= 0.3 is 0 Å². The highest BCUT2D eigenvalue weighted by Gasteiger charge is 2.22. The second kappa shape index (κ2) is 7.27. The zero-order valence-electron chi connectivity index (χ0n) is 11.6. The van der Waals surface area contributed by atoms with E-state index in [1.54, 1.807) is 7.11 Å². The molecule has 1 saturated heterocycles. The van der Waals surface area contributed by atoms with Crippen LogP contribution in [0, 0.1) is 0 Å². The minimum atomic E-state index is 0.627. The van der Waals surface area contributed by atoms with E-state index in [0.717, 1.165) is 29.7 Å². The van der Waals surface area contributed by atoms with E-state index in [4.69, 9.17) is 10.5 Å². The lowest BCUT2D eigenvalue weighted by Gasteiger charge is -2.36. The largest absolute Gasteiger partial charge is 0.496 e. The Bertz CT molecular complexity index is 409. The molecule has 19 heavy (non-hydrogen) atoms. The summed E-state index contributed by atoms with van der Waals surface area (Å²) in [4.78, 5) is 2.56. The molecule has 1 aliphatic rings. The van der Waals surface area contributed by atoms with Gasteiger partial charge in [-0.05, 0) is 50.6 Å². The maximum absolute atomic E-state index is 5.74. The van der Waals surface area contributed by atoms with Crippen LogP contribution in [0.1, 0.15) is 31.2 Å². The molecule has 3 nitrogen and oxygen atoms in total. The van der Waals surface area contributed by atoms with Crippen molar-refractivity contribution >= 4 is 15.9 Å². The van der Waals surface area contributed by atoms with E-state index in [1.807, 2.05) is 12.1 Å². The summed E-state index contributed by atoms with van der Waals surface area (Å²) in [7, 11) is 1.74. The van der Waals surface area contributed by atoms with Gasteiger partial charge in [0.2, 0.25) is 0 Å². The number of benzene rings is 1. The van der Waals surface area contributed by atoms with Crippen LogP contribution in [0.2, 0.25) is 0 Å². The van der Waals surface area contributed by atoms with Crippen LogP contribution < -0.4 is 10.5 Å². The van der Waals surface area contributed by atoms with Crippen LogP contribution >= 0.6 is 15.9 Å². The average Bonchev–Trinajstić information content (AvgIpc) is 2.42. The molecule has 0 aromatic heterocycles. The monoisotopic (exact) mass is 326 g/mol. The number of hydrogen-bond acceptors (Lipinski definition) is 3. The maximum atomic E-state index is 5.74. The minimum absolute atomic E-state index is 0.627. The van der Waals surface area contributed by atoms with Gasteiger partial charge < -0.3 is 10.5 Å². The van der Waals surface area contributed by atoms with Crippen molar-refractivity contribution < 1.29 is 4.74 Å². The lowest BCUT2D eigenvalue weighted by Crippen LogP contribution is -2.40. The van der Waals surface area contributed by atoms with Gasteiger partial charge in [-0.15, -0.1) is 0 Å². The predicted octanol–water partition coefficient (Wildman–Crippen LogP) is 3.16. The standard InChI is InChI=1S/C15H23BrN2O/c1-19-15-6-5-13(16)10-12(15)11-18-9-3-2-4-14(18)7-8-17/h5-6,10,14H,2-4,7-9,11,17H2,1H3. The second-order valence-corrected chi connectivity index (χ2v) is 6.07. The molecule has 1 aliphatic heterocycles. The average molecular weight is 327 g/mol. The number of nitrogens with two attached hydrogens (primary N) is 1. The molecule has 106 valence electrons. The number of halogens is 1. The SMILES string of the molecule is COc1ccc(Br)cc1CN1CCCCC1CCN. The Morgan fingerprint density at radius 1 is 1.42 bits per heavy atom. The maximum Gasteiger partial charge on any atom is 0.123 e. The second-order valence-electron chi connectivity index (χ2n) is 5.15. The van der Waals surface area contributed by atoms with Crippen LogP contribution in [0.15, 0.2) is 22.7 Å². The summed E-state index contributed by atoms with van der Waals surface area (Å²) in [6, 6.07) is 6.84. The molecular formula is C15H23BrN2O. The number of ether oxygens (including phenoxy) is 1. The van der Waals surface area contributed by atoms with Crippen LogP contribution in [0.25, 0.3) is 0 Å². The Kier molecular flexibility index (Phi) is 5.67. The van der Waals surface area contributed by atoms with Gasteiger partial charge in [-0.2, -0.15) is 0 Å². The van der Waals surface area contributed by atoms with Crippen LogP contribution in [0.4, 0.5) is 0 Å². The van der Waals surface area contributed by atoms with Gasteiger partial charge in [0.15, 0.2) is 0 Å².